The van der Waals surface area contributed by atoms with Crippen molar-refractivity contribution in [1.29, 1.82) is 0 Å². The van der Waals surface area contributed by atoms with Gasteiger partial charge in [-0.3, -0.25) is 0 Å². The van der Waals surface area contributed by atoms with E-state index in [-0.39, 0.29) is 0 Å². The van der Waals surface area contributed by atoms with Crippen LogP contribution in [0, 0.1) is 0 Å². The molecular formula is C31H34. The van der Waals surface area contributed by atoms with Crippen molar-refractivity contribution < 1.29 is 0 Å². The zero-order valence-electron chi connectivity index (χ0n) is 19.1. The van der Waals surface area contributed by atoms with E-state index in [1.807, 2.05) is 0 Å². The summed E-state index contributed by atoms with van der Waals surface area (Å²) in [4.78, 5) is 0. The van der Waals surface area contributed by atoms with Crippen LogP contribution in [0.15, 0.2) is 71.8 Å². The van der Waals surface area contributed by atoms with Gasteiger partial charge in [0, 0.05) is 0 Å². The molecule has 0 amide bonds. The Kier molecular flexibility index (Phi) is 5.81. The van der Waals surface area contributed by atoms with Gasteiger partial charge in [-0.1, -0.05) is 85.2 Å². The van der Waals surface area contributed by atoms with Crippen molar-refractivity contribution >= 4 is 0 Å². The quantitative estimate of drug-likeness (QED) is 0.373. The maximum atomic E-state index is 2.58. The van der Waals surface area contributed by atoms with Crippen molar-refractivity contribution in [3.8, 4) is 22.3 Å². The number of hydrogen-bond donors (Lipinski definition) is 0. The highest BCUT2D eigenvalue weighted by atomic mass is 14.3. The Morgan fingerprint density at radius 1 is 0.742 bits per heavy atom. The molecule has 0 bridgehead atoms. The Balaban J connectivity index is 1.72. The van der Waals surface area contributed by atoms with Crippen LogP contribution < -0.4 is 0 Å². The normalized spacial score (nSPS) is 15.5. The molecule has 2 aliphatic rings. The predicted molar refractivity (Wildman–Crippen MR) is 134 cm³/mol. The van der Waals surface area contributed by atoms with Gasteiger partial charge in [-0.2, -0.15) is 0 Å². The molecule has 0 radical (unpaired) electrons. The van der Waals surface area contributed by atoms with E-state index in [4.69, 9.17) is 0 Å². The van der Waals surface area contributed by atoms with Crippen molar-refractivity contribution in [3.63, 3.8) is 0 Å². The monoisotopic (exact) mass is 406 g/mol. The molecule has 0 unspecified atom stereocenters. The van der Waals surface area contributed by atoms with E-state index in [1.165, 1.54) is 61.6 Å². The molecule has 31 heavy (non-hydrogen) atoms. The molecule has 2 aliphatic carbocycles. The molecule has 0 spiro atoms. The summed E-state index contributed by atoms with van der Waals surface area (Å²) in [6.45, 7) is 4.69. The fourth-order valence-electron chi connectivity index (χ4n) is 5.74. The Morgan fingerprint density at radius 2 is 1.48 bits per heavy atom. The van der Waals surface area contributed by atoms with Crippen LogP contribution in [-0.2, 0) is 25.7 Å². The minimum atomic E-state index is 1.14. The first-order valence-corrected chi connectivity index (χ1v) is 12.2. The molecule has 0 heteroatoms. The summed E-state index contributed by atoms with van der Waals surface area (Å²) in [5, 5.41) is 0. The van der Waals surface area contributed by atoms with Gasteiger partial charge in [0.15, 0.2) is 0 Å². The van der Waals surface area contributed by atoms with Gasteiger partial charge in [-0.25, -0.2) is 0 Å². The lowest BCUT2D eigenvalue weighted by molar-refractivity contribution is 0.682. The summed E-state index contributed by atoms with van der Waals surface area (Å²) in [5.74, 6) is 0. The standard InChI is InChI=1S/C31H34/c1-3-4-12-24-21-30-26(19-22(24)2)20-25-15-8-9-17-28(25)31(30)29-18-11-10-16-27(29)23-13-6-5-7-14-23/h5-7,10-11,13-14,16,18,20H,3-4,8-9,12,15,17,19,21H2,1-2H3. The van der Waals surface area contributed by atoms with Crippen LogP contribution in [0.3, 0.4) is 0 Å². The van der Waals surface area contributed by atoms with Crippen LogP contribution in [0.2, 0.25) is 0 Å². The van der Waals surface area contributed by atoms with Gasteiger partial charge >= 0.3 is 0 Å². The van der Waals surface area contributed by atoms with Crippen molar-refractivity contribution in [1.82, 2.24) is 0 Å². The number of fused-ring (bicyclic) bond motifs is 2. The fourth-order valence-corrected chi connectivity index (χ4v) is 5.74. The lowest BCUT2D eigenvalue weighted by atomic mass is 9.74. The zero-order chi connectivity index (χ0) is 21.2. The third-order valence-electron chi connectivity index (χ3n) is 7.41. The van der Waals surface area contributed by atoms with E-state index in [2.05, 4.69) is 74.5 Å². The molecule has 0 nitrogen and oxygen atoms in total. The summed E-state index contributed by atoms with van der Waals surface area (Å²) >= 11 is 0. The lowest BCUT2D eigenvalue weighted by Gasteiger charge is -2.30. The Morgan fingerprint density at radius 3 is 2.29 bits per heavy atom. The molecule has 3 aromatic rings. The number of aryl methyl sites for hydroxylation is 1. The second-order valence-corrected chi connectivity index (χ2v) is 9.49. The van der Waals surface area contributed by atoms with Crippen molar-refractivity contribution in [2.45, 2.75) is 71.6 Å². The van der Waals surface area contributed by atoms with Gasteiger partial charge in [0.25, 0.3) is 0 Å². The maximum absolute atomic E-state index is 2.58. The molecule has 0 heterocycles. The van der Waals surface area contributed by atoms with Crippen LogP contribution in [0.5, 0.6) is 0 Å². The maximum Gasteiger partial charge on any atom is -0.00553 e. The SMILES string of the molecule is CCCCC1=C(C)Cc2cc3c(c(-c4ccccc4-c4ccccc4)c2C1)CCCC3. The third kappa shape index (κ3) is 3.89. The van der Waals surface area contributed by atoms with Gasteiger partial charge < -0.3 is 0 Å². The van der Waals surface area contributed by atoms with E-state index in [1.54, 1.807) is 39.0 Å². The fraction of sp³-hybridized carbons (Fsp3) is 0.355. The molecule has 0 saturated carbocycles. The smallest absolute Gasteiger partial charge is 0.00553 e. The second kappa shape index (κ2) is 8.87. The highest BCUT2D eigenvalue weighted by molar-refractivity contribution is 5.88. The minimum absolute atomic E-state index is 1.14. The lowest BCUT2D eigenvalue weighted by Crippen LogP contribution is -2.15. The summed E-state index contributed by atoms with van der Waals surface area (Å²) in [7, 11) is 0. The summed E-state index contributed by atoms with van der Waals surface area (Å²) in [6.07, 6.45) is 11.3. The molecule has 0 aromatic heterocycles. The molecule has 0 saturated heterocycles. The average molecular weight is 407 g/mol. The van der Waals surface area contributed by atoms with Crippen LogP contribution in [0.4, 0.5) is 0 Å². The van der Waals surface area contributed by atoms with E-state index in [0.29, 0.717) is 0 Å². The number of rotatable bonds is 5. The molecule has 5 rings (SSSR count). The number of benzene rings is 3. The van der Waals surface area contributed by atoms with Crippen molar-refractivity contribution in [2.24, 2.45) is 0 Å². The number of allylic oxidation sites excluding steroid dienone is 2. The van der Waals surface area contributed by atoms with Crippen LogP contribution >= 0.6 is 0 Å². The van der Waals surface area contributed by atoms with Crippen LogP contribution in [0.1, 0.15) is 68.2 Å². The second-order valence-electron chi connectivity index (χ2n) is 9.49. The van der Waals surface area contributed by atoms with Crippen LogP contribution in [0.25, 0.3) is 22.3 Å². The molecule has 0 fully saturated rings. The van der Waals surface area contributed by atoms with Crippen LogP contribution in [-0.4, -0.2) is 0 Å². The largest absolute Gasteiger partial charge is 0.0694 e. The van der Waals surface area contributed by atoms with Gasteiger partial charge in [0.05, 0.1) is 0 Å². The van der Waals surface area contributed by atoms with E-state index in [9.17, 15) is 0 Å². The topological polar surface area (TPSA) is 0 Å². The first-order chi connectivity index (χ1) is 15.3. The Labute approximate surface area is 188 Å². The van der Waals surface area contributed by atoms with E-state index < -0.39 is 0 Å². The predicted octanol–water partition coefficient (Wildman–Crippen LogP) is 8.50. The molecular weight excluding hydrogens is 372 g/mol. The summed E-state index contributed by atoms with van der Waals surface area (Å²) in [5.41, 5.74) is 15.5. The highest BCUT2D eigenvalue weighted by Crippen LogP contribution is 2.44. The summed E-state index contributed by atoms with van der Waals surface area (Å²) in [6, 6.07) is 22.7. The third-order valence-corrected chi connectivity index (χ3v) is 7.41. The van der Waals surface area contributed by atoms with Gasteiger partial charge in [0.2, 0.25) is 0 Å². The Bertz CT molecular complexity index is 1110. The number of hydrogen-bond acceptors (Lipinski definition) is 0. The first kappa shape index (κ1) is 20.3. The Hall–Kier alpha value is -2.60. The first-order valence-electron chi connectivity index (χ1n) is 12.2. The van der Waals surface area contributed by atoms with E-state index in [0.717, 1.165) is 12.8 Å². The summed E-state index contributed by atoms with van der Waals surface area (Å²) < 4.78 is 0. The molecule has 3 aromatic carbocycles. The molecule has 158 valence electrons. The van der Waals surface area contributed by atoms with Gasteiger partial charge in [-0.05, 0) is 103 Å². The average Bonchev–Trinajstić information content (AvgIpc) is 2.82. The zero-order valence-corrected chi connectivity index (χ0v) is 19.1. The van der Waals surface area contributed by atoms with Gasteiger partial charge in [0.1, 0.15) is 0 Å². The molecule has 0 atom stereocenters. The van der Waals surface area contributed by atoms with Crippen molar-refractivity contribution in [2.75, 3.05) is 0 Å². The van der Waals surface area contributed by atoms with Crippen molar-refractivity contribution in [3.05, 3.63) is 94.1 Å². The molecule has 0 aliphatic heterocycles. The molecule has 0 N–H and O–H groups in total. The highest BCUT2D eigenvalue weighted by Gasteiger charge is 2.26. The van der Waals surface area contributed by atoms with Gasteiger partial charge in [-0.15, -0.1) is 0 Å². The van der Waals surface area contributed by atoms with E-state index >= 15 is 0 Å². The minimum Gasteiger partial charge on any atom is -0.0694 e. The number of unbranched alkanes of at least 4 members (excludes halogenated alkanes) is 1.